The quantitative estimate of drug-likeness (QED) is 0.840. The summed E-state index contributed by atoms with van der Waals surface area (Å²) in [5, 5.41) is 5.39. The molecule has 2 aromatic rings. The van der Waals surface area contributed by atoms with Gasteiger partial charge in [0.25, 0.3) is 0 Å². The third kappa shape index (κ3) is 3.32. The number of thiophene rings is 1. The number of nitrogens with one attached hydrogen (secondary N) is 1. The predicted octanol–water partition coefficient (Wildman–Crippen LogP) is 3.85. The lowest BCUT2D eigenvalue weighted by Crippen LogP contribution is -2.17. The summed E-state index contributed by atoms with van der Waals surface area (Å²) in [6, 6.07) is 10.4. The summed E-state index contributed by atoms with van der Waals surface area (Å²) in [6.07, 6.45) is 1.01. The third-order valence-corrected chi connectivity index (χ3v) is 4.07. The van der Waals surface area contributed by atoms with Crippen LogP contribution in [0, 0.1) is 0 Å². The van der Waals surface area contributed by atoms with Gasteiger partial charge in [-0.15, -0.1) is 11.3 Å². The van der Waals surface area contributed by atoms with Crippen LogP contribution < -0.4 is 14.8 Å². The van der Waals surface area contributed by atoms with Crippen LogP contribution in [0.1, 0.15) is 29.8 Å². The molecule has 20 heavy (non-hydrogen) atoms. The van der Waals surface area contributed by atoms with Crippen LogP contribution in [0.2, 0.25) is 0 Å². The smallest absolute Gasteiger partial charge is 0.129 e. The lowest BCUT2D eigenvalue weighted by molar-refractivity contribution is 0.312. The van der Waals surface area contributed by atoms with Crippen molar-refractivity contribution in [1.29, 1.82) is 0 Å². The number of ether oxygens (including phenoxy) is 2. The summed E-state index contributed by atoms with van der Waals surface area (Å²) in [7, 11) is 3.66. The molecular formula is C16H21NO2S. The van der Waals surface area contributed by atoms with Crippen molar-refractivity contribution in [3.8, 4) is 11.5 Å². The third-order valence-electron chi connectivity index (χ3n) is 3.10. The fourth-order valence-corrected chi connectivity index (χ4v) is 3.09. The SMILES string of the molecule is CCCOc1ccccc1C(NC)c1cc(OC)cs1. The monoisotopic (exact) mass is 291 g/mol. The molecule has 0 aliphatic heterocycles. The van der Waals surface area contributed by atoms with E-state index < -0.39 is 0 Å². The van der Waals surface area contributed by atoms with Gasteiger partial charge in [0.1, 0.15) is 11.5 Å². The first-order valence-electron chi connectivity index (χ1n) is 6.81. The Kier molecular flexibility index (Phi) is 5.44. The molecule has 4 heteroatoms. The number of hydrogen-bond acceptors (Lipinski definition) is 4. The normalized spacial score (nSPS) is 12.2. The van der Waals surface area contributed by atoms with Gasteiger partial charge in [-0.2, -0.15) is 0 Å². The molecule has 0 fully saturated rings. The molecule has 3 nitrogen and oxygen atoms in total. The maximum Gasteiger partial charge on any atom is 0.129 e. The first-order chi connectivity index (χ1) is 9.80. The van der Waals surface area contributed by atoms with Crippen molar-refractivity contribution < 1.29 is 9.47 Å². The van der Waals surface area contributed by atoms with E-state index in [0.29, 0.717) is 0 Å². The highest BCUT2D eigenvalue weighted by atomic mass is 32.1. The average Bonchev–Trinajstić information content (AvgIpc) is 2.96. The van der Waals surface area contributed by atoms with E-state index in [2.05, 4.69) is 24.4 Å². The molecule has 0 saturated heterocycles. The van der Waals surface area contributed by atoms with Crippen LogP contribution in [0.25, 0.3) is 0 Å². The van der Waals surface area contributed by atoms with Crippen LogP contribution in [0.5, 0.6) is 11.5 Å². The van der Waals surface area contributed by atoms with Crippen LogP contribution in [0.4, 0.5) is 0 Å². The van der Waals surface area contributed by atoms with Crippen LogP contribution >= 0.6 is 11.3 Å². The molecule has 0 aliphatic rings. The van der Waals surface area contributed by atoms with Crippen molar-refractivity contribution in [2.45, 2.75) is 19.4 Å². The van der Waals surface area contributed by atoms with Gasteiger partial charge in [0.15, 0.2) is 0 Å². The molecule has 0 amide bonds. The summed E-state index contributed by atoms with van der Waals surface area (Å²) in [5.74, 6) is 1.85. The van der Waals surface area contributed by atoms with Crippen molar-refractivity contribution in [3.63, 3.8) is 0 Å². The highest BCUT2D eigenvalue weighted by molar-refractivity contribution is 7.10. The van der Waals surface area contributed by atoms with E-state index >= 15 is 0 Å². The molecule has 108 valence electrons. The second-order valence-electron chi connectivity index (χ2n) is 4.50. The molecule has 0 saturated carbocycles. The summed E-state index contributed by atoms with van der Waals surface area (Å²) >= 11 is 1.69. The maximum atomic E-state index is 5.86. The molecule has 1 N–H and O–H groups in total. The molecular weight excluding hydrogens is 270 g/mol. The second-order valence-corrected chi connectivity index (χ2v) is 5.44. The number of para-hydroxylation sites is 1. The molecule has 0 spiro atoms. The number of hydrogen-bond donors (Lipinski definition) is 1. The average molecular weight is 291 g/mol. The molecule has 1 unspecified atom stereocenters. The first kappa shape index (κ1) is 14.9. The second kappa shape index (κ2) is 7.31. The lowest BCUT2D eigenvalue weighted by atomic mass is 10.0. The summed E-state index contributed by atoms with van der Waals surface area (Å²) in [6.45, 7) is 2.85. The molecule has 0 bridgehead atoms. The minimum atomic E-state index is 0.122. The van der Waals surface area contributed by atoms with Gasteiger partial charge < -0.3 is 14.8 Å². The van der Waals surface area contributed by atoms with Gasteiger partial charge in [0.2, 0.25) is 0 Å². The number of methoxy groups -OCH3 is 1. The molecule has 1 atom stereocenters. The van der Waals surface area contributed by atoms with E-state index in [4.69, 9.17) is 9.47 Å². The summed E-state index contributed by atoms with van der Waals surface area (Å²) in [4.78, 5) is 1.22. The molecule has 2 rings (SSSR count). The van der Waals surface area contributed by atoms with Gasteiger partial charge in [-0.1, -0.05) is 25.1 Å². The standard InChI is InChI=1S/C16H21NO2S/c1-4-9-19-14-8-6-5-7-13(14)16(17-2)15-10-12(18-3)11-20-15/h5-8,10-11,16-17H,4,9H2,1-3H3. The highest BCUT2D eigenvalue weighted by Gasteiger charge is 2.18. The van der Waals surface area contributed by atoms with Crippen molar-refractivity contribution >= 4 is 11.3 Å². The molecule has 1 aromatic carbocycles. The molecule has 1 heterocycles. The Hall–Kier alpha value is -1.52. The Morgan fingerprint density at radius 1 is 1.30 bits per heavy atom. The lowest BCUT2D eigenvalue weighted by Gasteiger charge is -2.19. The largest absolute Gasteiger partial charge is 0.496 e. The Bertz CT molecular complexity index is 539. The highest BCUT2D eigenvalue weighted by Crippen LogP contribution is 2.35. The fourth-order valence-electron chi connectivity index (χ4n) is 2.11. The van der Waals surface area contributed by atoms with E-state index in [0.717, 1.165) is 30.1 Å². The van der Waals surface area contributed by atoms with Crippen molar-refractivity contribution in [3.05, 3.63) is 46.2 Å². The van der Waals surface area contributed by atoms with Crippen LogP contribution in [-0.4, -0.2) is 20.8 Å². The Morgan fingerprint density at radius 2 is 2.10 bits per heavy atom. The van der Waals surface area contributed by atoms with E-state index in [1.165, 1.54) is 4.88 Å². The maximum absolute atomic E-state index is 5.86. The first-order valence-corrected chi connectivity index (χ1v) is 7.69. The minimum Gasteiger partial charge on any atom is -0.496 e. The van der Waals surface area contributed by atoms with Crippen molar-refractivity contribution in [2.75, 3.05) is 20.8 Å². The Morgan fingerprint density at radius 3 is 2.75 bits per heavy atom. The van der Waals surface area contributed by atoms with Crippen LogP contribution in [0.15, 0.2) is 35.7 Å². The number of rotatable bonds is 7. The van der Waals surface area contributed by atoms with Crippen molar-refractivity contribution in [1.82, 2.24) is 5.32 Å². The van der Waals surface area contributed by atoms with E-state index in [-0.39, 0.29) is 6.04 Å². The Balaban J connectivity index is 2.31. The molecule has 0 radical (unpaired) electrons. The zero-order chi connectivity index (χ0) is 14.4. The summed E-state index contributed by atoms with van der Waals surface area (Å²) in [5.41, 5.74) is 1.16. The summed E-state index contributed by atoms with van der Waals surface area (Å²) < 4.78 is 11.1. The molecule has 1 aromatic heterocycles. The topological polar surface area (TPSA) is 30.5 Å². The van der Waals surface area contributed by atoms with E-state index in [1.807, 2.05) is 30.6 Å². The number of benzene rings is 1. The van der Waals surface area contributed by atoms with Gasteiger partial charge in [0.05, 0.1) is 19.8 Å². The van der Waals surface area contributed by atoms with Gasteiger partial charge in [-0.05, 0) is 25.6 Å². The molecule has 0 aliphatic carbocycles. The zero-order valence-corrected chi connectivity index (χ0v) is 13.0. The zero-order valence-electron chi connectivity index (χ0n) is 12.2. The Labute approximate surface area is 124 Å². The predicted molar refractivity (Wildman–Crippen MR) is 84.0 cm³/mol. The van der Waals surface area contributed by atoms with Gasteiger partial charge in [0, 0.05) is 15.8 Å². The van der Waals surface area contributed by atoms with E-state index in [1.54, 1.807) is 18.4 Å². The van der Waals surface area contributed by atoms with Crippen LogP contribution in [0.3, 0.4) is 0 Å². The van der Waals surface area contributed by atoms with Crippen molar-refractivity contribution in [2.24, 2.45) is 0 Å². The van der Waals surface area contributed by atoms with E-state index in [9.17, 15) is 0 Å². The van der Waals surface area contributed by atoms with Gasteiger partial charge >= 0.3 is 0 Å². The van der Waals surface area contributed by atoms with Gasteiger partial charge in [-0.25, -0.2) is 0 Å². The van der Waals surface area contributed by atoms with Crippen LogP contribution in [-0.2, 0) is 0 Å². The van der Waals surface area contributed by atoms with Gasteiger partial charge in [-0.3, -0.25) is 0 Å². The minimum absolute atomic E-state index is 0.122. The fraction of sp³-hybridized carbons (Fsp3) is 0.375.